The second kappa shape index (κ2) is 2.54. The monoisotopic (exact) mass is 127 g/mol. The number of ether oxygens (including phenoxy) is 1. The van der Waals surface area contributed by atoms with Crippen LogP contribution in [0.25, 0.3) is 0 Å². The van der Waals surface area contributed by atoms with E-state index >= 15 is 0 Å². The van der Waals surface area contributed by atoms with Crippen LogP contribution in [0.5, 0.6) is 0 Å². The lowest BCUT2D eigenvalue weighted by atomic mass is 10.7. The van der Waals surface area contributed by atoms with Gasteiger partial charge in [0.2, 0.25) is 0 Å². The van der Waals surface area contributed by atoms with Gasteiger partial charge >= 0.3 is 12.6 Å². The Labute approximate surface area is 43.2 Å². The number of alkyl halides is 3. The van der Waals surface area contributed by atoms with E-state index in [0.29, 0.717) is 6.47 Å². The third kappa shape index (κ3) is 5.26. The van der Waals surface area contributed by atoms with Gasteiger partial charge in [-0.05, 0) is 0 Å². The van der Waals surface area contributed by atoms with Crippen molar-refractivity contribution in [1.29, 1.82) is 0 Å². The maximum atomic E-state index is 10.9. The van der Waals surface area contributed by atoms with Crippen LogP contribution in [-0.4, -0.2) is 19.3 Å². The minimum absolute atomic E-state index is 0.654. The molecule has 0 fully saturated rings. The molecule has 0 saturated carbocycles. The molecule has 0 aliphatic rings. The Balaban J connectivity index is 3.24. The van der Waals surface area contributed by atoms with E-state index in [1.807, 2.05) is 0 Å². The van der Waals surface area contributed by atoms with Crippen LogP contribution < -0.4 is 0 Å². The van der Waals surface area contributed by atoms with Gasteiger partial charge in [0, 0.05) is 0 Å². The van der Waals surface area contributed by atoms with E-state index in [-0.39, 0.29) is 0 Å². The molecule has 0 aliphatic heterocycles. The molecule has 0 saturated heterocycles. The van der Waals surface area contributed by atoms with Gasteiger partial charge in [-0.3, -0.25) is 0 Å². The van der Waals surface area contributed by atoms with Crippen molar-refractivity contribution in [3.63, 3.8) is 0 Å². The summed E-state index contributed by atoms with van der Waals surface area (Å²) in [7, 11) is 0. The van der Waals surface area contributed by atoms with Crippen LogP contribution in [0, 0.1) is 0 Å². The molecule has 0 rings (SSSR count). The standard InChI is InChI=1S/C3H2F3O2/c4-3(5,6)1-8-2-7/h1H2. The normalized spacial score (nSPS) is 10.9. The van der Waals surface area contributed by atoms with Gasteiger partial charge in [0.05, 0.1) is 0 Å². The fourth-order valence-corrected chi connectivity index (χ4v) is 0.111. The Morgan fingerprint density at radius 1 is 1.50 bits per heavy atom. The fourth-order valence-electron chi connectivity index (χ4n) is 0.111. The highest BCUT2D eigenvalue weighted by molar-refractivity contribution is 5.38. The smallest absolute Gasteiger partial charge is 0.422 e. The number of halogens is 3. The number of hydrogen-bond acceptors (Lipinski definition) is 2. The molecule has 0 aromatic carbocycles. The van der Waals surface area contributed by atoms with Crippen molar-refractivity contribution in [1.82, 2.24) is 0 Å². The highest BCUT2D eigenvalue weighted by Crippen LogP contribution is 2.13. The fraction of sp³-hybridized carbons (Fsp3) is 0.667. The first-order valence-electron chi connectivity index (χ1n) is 1.62. The highest BCUT2D eigenvalue weighted by atomic mass is 19.4. The summed E-state index contributed by atoms with van der Waals surface area (Å²) < 4.78 is 36.1. The maximum Gasteiger partial charge on any atom is 0.422 e. The predicted molar refractivity (Wildman–Crippen MR) is 17.7 cm³/mol. The molecule has 0 unspecified atom stereocenters. The lowest BCUT2D eigenvalue weighted by molar-refractivity contribution is -0.156. The van der Waals surface area contributed by atoms with Gasteiger partial charge in [0.25, 0.3) is 0 Å². The van der Waals surface area contributed by atoms with Crippen LogP contribution in [0.4, 0.5) is 13.2 Å². The van der Waals surface area contributed by atoms with E-state index in [0.717, 1.165) is 0 Å². The molecule has 5 heteroatoms. The lowest BCUT2D eigenvalue weighted by Gasteiger charge is -2.00. The zero-order valence-corrected chi connectivity index (χ0v) is 3.66. The number of rotatable bonds is 2. The van der Waals surface area contributed by atoms with Crippen molar-refractivity contribution in [3.05, 3.63) is 0 Å². The first-order chi connectivity index (χ1) is 3.56. The lowest BCUT2D eigenvalue weighted by Crippen LogP contribution is -2.15. The summed E-state index contributed by atoms with van der Waals surface area (Å²) >= 11 is 0. The van der Waals surface area contributed by atoms with Gasteiger partial charge in [-0.15, -0.1) is 0 Å². The van der Waals surface area contributed by atoms with Gasteiger partial charge in [0.1, 0.15) is 0 Å². The van der Waals surface area contributed by atoms with E-state index in [1.165, 1.54) is 0 Å². The van der Waals surface area contributed by atoms with E-state index in [2.05, 4.69) is 4.74 Å². The third-order valence-electron chi connectivity index (χ3n) is 0.295. The summed E-state index contributed by atoms with van der Waals surface area (Å²) in [5.74, 6) is 0. The molecular weight excluding hydrogens is 125 g/mol. The van der Waals surface area contributed by atoms with Crippen molar-refractivity contribution < 1.29 is 22.7 Å². The third-order valence-corrected chi connectivity index (χ3v) is 0.295. The summed E-state index contributed by atoms with van der Waals surface area (Å²) in [6, 6.07) is 0. The van der Waals surface area contributed by atoms with Crippen molar-refractivity contribution >= 4 is 6.47 Å². The zero-order valence-electron chi connectivity index (χ0n) is 3.66. The Morgan fingerprint density at radius 3 is 2.12 bits per heavy atom. The molecule has 0 amide bonds. The Morgan fingerprint density at radius 2 is 2.00 bits per heavy atom. The van der Waals surface area contributed by atoms with Crippen LogP contribution in [0.15, 0.2) is 0 Å². The van der Waals surface area contributed by atoms with Crippen LogP contribution >= 0.6 is 0 Å². The molecule has 0 aliphatic carbocycles. The van der Waals surface area contributed by atoms with Gasteiger partial charge in [0.15, 0.2) is 6.61 Å². The Kier molecular flexibility index (Phi) is 2.30. The molecule has 0 N–H and O–H groups in total. The van der Waals surface area contributed by atoms with Crippen molar-refractivity contribution in [2.45, 2.75) is 6.18 Å². The van der Waals surface area contributed by atoms with Crippen LogP contribution in [-0.2, 0) is 9.53 Å². The van der Waals surface area contributed by atoms with E-state index in [1.54, 1.807) is 0 Å². The summed E-state index contributed by atoms with van der Waals surface area (Å²) in [5, 5.41) is 0. The molecule has 0 aromatic heterocycles. The first kappa shape index (κ1) is 7.26. The summed E-state index contributed by atoms with van der Waals surface area (Å²) in [5.41, 5.74) is 0. The molecule has 8 heavy (non-hydrogen) atoms. The summed E-state index contributed by atoms with van der Waals surface area (Å²) in [6.45, 7) is -0.905. The number of carbonyl (C=O) groups excluding carboxylic acids is 1. The SMILES string of the molecule is O=[C]OCC(F)(F)F. The van der Waals surface area contributed by atoms with Crippen LogP contribution in [0.3, 0.4) is 0 Å². The van der Waals surface area contributed by atoms with Gasteiger partial charge in [-0.1, -0.05) is 0 Å². The minimum Gasteiger partial charge on any atom is -0.448 e. The summed E-state index contributed by atoms with van der Waals surface area (Å²) in [4.78, 5) is 9.00. The minimum atomic E-state index is -4.43. The average Bonchev–Trinajstić information content (AvgIpc) is 1.59. The first-order valence-corrected chi connectivity index (χ1v) is 1.62. The Bertz CT molecular complexity index is 77.1. The van der Waals surface area contributed by atoms with E-state index < -0.39 is 12.8 Å². The molecule has 1 radical (unpaired) electrons. The van der Waals surface area contributed by atoms with Crippen molar-refractivity contribution in [3.8, 4) is 0 Å². The van der Waals surface area contributed by atoms with Crippen LogP contribution in [0.1, 0.15) is 0 Å². The second-order valence-corrected chi connectivity index (χ2v) is 0.987. The van der Waals surface area contributed by atoms with E-state index in [9.17, 15) is 13.2 Å². The average molecular weight is 127 g/mol. The zero-order chi connectivity index (χ0) is 6.62. The number of hydrogen-bond donors (Lipinski definition) is 0. The Hall–Kier alpha value is -0.740. The van der Waals surface area contributed by atoms with Crippen molar-refractivity contribution in [2.75, 3.05) is 6.61 Å². The largest absolute Gasteiger partial charge is 0.448 e. The molecule has 0 aromatic rings. The molecule has 2 nitrogen and oxygen atoms in total. The van der Waals surface area contributed by atoms with Crippen molar-refractivity contribution in [2.24, 2.45) is 0 Å². The molecule has 0 bridgehead atoms. The van der Waals surface area contributed by atoms with Gasteiger partial charge < -0.3 is 4.74 Å². The predicted octanol–water partition coefficient (Wildman–Crippen LogP) is 0.632. The molecule has 47 valence electrons. The van der Waals surface area contributed by atoms with Gasteiger partial charge in [-0.2, -0.15) is 13.2 Å². The quantitative estimate of drug-likeness (QED) is 0.543. The maximum absolute atomic E-state index is 10.9. The molecule has 0 spiro atoms. The molecular formula is C3H2F3O2. The molecule has 0 heterocycles. The van der Waals surface area contributed by atoms with E-state index in [4.69, 9.17) is 4.79 Å². The van der Waals surface area contributed by atoms with Gasteiger partial charge in [-0.25, -0.2) is 4.79 Å². The summed E-state index contributed by atoms with van der Waals surface area (Å²) in [6.07, 6.45) is -4.43. The molecule has 0 atom stereocenters. The highest BCUT2D eigenvalue weighted by Gasteiger charge is 2.27. The second-order valence-electron chi connectivity index (χ2n) is 0.987. The van der Waals surface area contributed by atoms with Crippen LogP contribution in [0.2, 0.25) is 0 Å². The topological polar surface area (TPSA) is 26.3 Å².